The summed E-state index contributed by atoms with van der Waals surface area (Å²) in [6, 6.07) is 6.01. The van der Waals surface area contributed by atoms with Crippen molar-refractivity contribution in [3.63, 3.8) is 0 Å². The van der Waals surface area contributed by atoms with Gasteiger partial charge in [-0.05, 0) is 36.8 Å². The van der Waals surface area contributed by atoms with Gasteiger partial charge in [0.1, 0.15) is 5.78 Å². The molecular formula is C16H25NO. The predicted molar refractivity (Wildman–Crippen MR) is 75.4 cm³/mol. The summed E-state index contributed by atoms with van der Waals surface area (Å²) in [4.78, 5) is 16.0. The lowest BCUT2D eigenvalue weighted by Crippen LogP contribution is -2.14. The first kappa shape index (κ1) is 14.9. The van der Waals surface area contributed by atoms with Crippen molar-refractivity contribution >= 4 is 5.78 Å². The van der Waals surface area contributed by atoms with Crippen molar-refractivity contribution in [3.05, 3.63) is 30.1 Å². The molecule has 100 valence electrons. The highest BCUT2D eigenvalue weighted by molar-refractivity contribution is 5.78. The molecule has 0 saturated carbocycles. The van der Waals surface area contributed by atoms with Gasteiger partial charge in [-0.1, -0.05) is 33.3 Å². The van der Waals surface area contributed by atoms with Crippen LogP contribution in [0.4, 0.5) is 0 Å². The van der Waals surface area contributed by atoms with E-state index in [0.29, 0.717) is 30.5 Å². The van der Waals surface area contributed by atoms with Gasteiger partial charge in [-0.3, -0.25) is 9.78 Å². The lowest BCUT2D eigenvalue weighted by atomic mass is 9.86. The molecule has 2 atom stereocenters. The number of Topliss-reactive ketones (excluding diaryl/α,β-unsaturated/α-hetero) is 1. The smallest absolute Gasteiger partial charge is 0.132 e. The highest BCUT2D eigenvalue weighted by Gasteiger charge is 2.16. The second-order valence-electron chi connectivity index (χ2n) is 5.24. The van der Waals surface area contributed by atoms with Gasteiger partial charge in [-0.25, -0.2) is 0 Å². The van der Waals surface area contributed by atoms with E-state index in [4.69, 9.17) is 0 Å². The Morgan fingerprint density at radius 3 is 2.67 bits per heavy atom. The summed E-state index contributed by atoms with van der Waals surface area (Å²) in [5.74, 6) is 1.50. The fourth-order valence-corrected chi connectivity index (χ4v) is 2.26. The molecule has 0 aromatic carbocycles. The quantitative estimate of drug-likeness (QED) is 0.693. The molecule has 18 heavy (non-hydrogen) atoms. The normalized spacial score (nSPS) is 14.2. The maximum absolute atomic E-state index is 11.7. The van der Waals surface area contributed by atoms with E-state index < -0.39 is 0 Å². The summed E-state index contributed by atoms with van der Waals surface area (Å²) in [6.07, 6.45) is 6.42. The molecule has 0 saturated heterocycles. The number of aromatic nitrogens is 1. The van der Waals surface area contributed by atoms with Gasteiger partial charge < -0.3 is 0 Å². The van der Waals surface area contributed by atoms with E-state index in [1.807, 2.05) is 25.3 Å². The fourth-order valence-electron chi connectivity index (χ4n) is 2.26. The van der Waals surface area contributed by atoms with Gasteiger partial charge in [0.05, 0.1) is 0 Å². The standard InChI is InChI=1S/C16H25NO/c1-4-13(3)10-14(12-16(18)5-2)11-15-8-6-7-9-17-15/h6-9,13-14H,4-5,10-12H2,1-3H3. The molecule has 0 aliphatic carbocycles. The zero-order chi connectivity index (χ0) is 13.4. The number of ketones is 1. The zero-order valence-electron chi connectivity index (χ0n) is 11.9. The van der Waals surface area contributed by atoms with Crippen LogP contribution in [0.15, 0.2) is 24.4 Å². The molecule has 0 aliphatic rings. The highest BCUT2D eigenvalue weighted by atomic mass is 16.1. The molecule has 1 heterocycles. The van der Waals surface area contributed by atoms with Crippen LogP contribution in [0.2, 0.25) is 0 Å². The van der Waals surface area contributed by atoms with Gasteiger partial charge in [0.2, 0.25) is 0 Å². The number of carbonyl (C=O) groups is 1. The molecule has 2 nitrogen and oxygen atoms in total. The molecule has 0 amide bonds. The monoisotopic (exact) mass is 247 g/mol. The van der Waals surface area contributed by atoms with Crippen LogP contribution in [0.1, 0.15) is 52.1 Å². The molecule has 0 radical (unpaired) electrons. The molecule has 0 aliphatic heterocycles. The third-order valence-corrected chi connectivity index (χ3v) is 3.57. The Labute approximate surface area is 111 Å². The molecule has 0 fully saturated rings. The number of rotatable bonds is 8. The van der Waals surface area contributed by atoms with E-state index in [1.54, 1.807) is 0 Å². The third kappa shape index (κ3) is 5.44. The minimum atomic E-state index is 0.374. The first-order chi connectivity index (χ1) is 8.65. The average Bonchev–Trinajstić information content (AvgIpc) is 2.39. The summed E-state index contributed by atoms with van der Waals surface area (Å²) in [6.45, 7) is 6.43. The number of hydrogen-bond donors (Lipinski definition) is 0. The number of carbonyl (C=O) groups excluding carboxylic acids is 1. The second kappa shape index (κ2) is 8.02. The molecule has 0 N–H and O–H groups in total. The van der Waals surface area contributed by atoms with E-state index in [2.05, 4.69) is 24.9 Å². The van der Waals surface area contributed by atoms with E-state index in [0.717, 1.165) is 18.5 Å². The van der Waals surface area contributed by atoms with Crippen LogP contribution in [-0.2, 0) is 11.2 Å². The van der Waals surface area contributed by atoms with Crippen LogP contribution in [0.25, 0.3) is 0 Å². The van der Waals surface area contributed by atoms with Gasteiger partial charge in [-0.15, -0.1) is 0 Å². The van der Waals surface area contributed by atoms with Crippen molar-refractivity contribution < 1.29 is 4.79 Å². The minimum Gasteiger partial charge on any atom is -0.300 e. The molecule has 1 aromatic heterocycles. The van der Waals surface area contributed by atoms with Crippen LogP contribution in [0.3, 0.4) is 0 Å². The van der Waals surface area contributed by atoms with Gasteiger partial charge in [0, 0.05) is 24.7 Å². The molecule has 1 rings (SSSR count). The third-order valence-electron chi connectivity index (χ3n) is 3.57. The number of pyridine rings is 1. The van der Waals surface area contributed by atoms with Gasteiger partial charge in [0.25, 0.3) is 0 Å². The number of hydrogen-bond acceptors (Lipinski definition) is 2. The van der Waals surface area contributed by atoms with Gasteiger partial charge in [-0.2, -0.15) is 0 Å². The van der Waals surface area contributed by atoms with Crippen molar-refractivity contribution in [3.8, 4) is 0 Å². The Balaban J connectivity index is 2.62. The molecular weight excluding hydrogens is 222 g/mol. The Hall–Kier alpha value is -1.18. The van der Waals surface area contributed by atoms with E-state index in [1.165, 1.54) is 6.42 Å². The lowest BCUT2D eigenvalue weighted by Gasteiger charge is -2.19. The topological polar surface area (TPSA) is 30.0 Å². The zero-order valence-corrected chi connectivity index (χ0v) is 11.9. The fraction of sp³-hybridized carbons (Fsp3) is 0.625. The van der Waals surface area contributed by atoms with E-state index >= 15 is 0 Å². The van der Waals surface area contributed by atoms with Gasteiger partial charge >= 0.3 is 0 Å². The Bertz CT molecular complexity index is 347. The summed E-state index contributed by atoms with van der Waals surface area (Å²) < 4.78 is 0. The molecule has 0 spiro atoms. The maximum atomic E-state index is 11.7. The predicted octanol–water partition coefficient (Wildman–Crippen LogP) is 4.05. The maximum Gasteiger partial charge on any atom is 0.132 e. The van der Waals surface area contributed by atoms with E-state index in [-0.39, 0.29) is 0 Å². The Morgan fingerprint density at radius 2 is 2.11 bits per heavy atom. The molecule has 2 unspecified atom stereocenters. The summed E-state index contributed by atoms with van der Waals surface area (Å²) in [7, 11) is 0. The van der Waals surface area contributed by atoms with Gasteiger partial charge in [0.15, 0.2) is 0 Å². The van der Waals surface area contributed by atoms with Crippen LogP contribution >= 0.6 is 0 Å². The number of nitrogens with zero attached hydrogens (tertiary/aromatic N) is 1. The summed E-state index contributed by atoms with van der Waals surface area (Å²) in [5.41, 5.74) is 1.11. The molecule has 0 bridgehead atoms. The van der Waals surface area contributed by atoms with Crippen molar-refractivity contribution in [2.45, 2.75) is 52.9 Å². The van der Waals surface area contributed by atoms with Crippen molar-refractivity contribution in [1.29, 1.82) is 0 Å². The second-order valence-corrected chi connectivity index (χ2v) is 5.24. The van der Waals surface area contributed by atoms with Crippen LogP contribution in [0.5, 0.6) is 0 Å². The Kier molecular flexibility index (Phi) is 6.63. The van der Waals surface area contributed by atoms with Crippen molar-refractivity contribution in [2.24, 2.45) is 11.8 Å². The van der Waals surface area contributed by atoms with E-state index in [9.17, 15) is 4.79 Å². The van der Waals surface area contributed by atoms with Crippen LogP contribution in [-0.4, -0.2) is 10.8 Å². The first-order valence-electron chi connectivity index (χ1n) is 7.07. The van der Waals surface area contributed by atoms with Crippen LogP contribution < -0.4 is 0 Å². The molecule has 2 heteroatoms. The first-order valence-corrected chi connectivity index (χ1v) is 7.07. The van der Waals surface area contributed by atoms with Crippen LogP contribution in [0, 0.1) is 11.8 Å². The lowest BCUT2D eigenvalue weighted by molar-refractivity contribution is -0.119. The SMILES string of the molecule is CCC(=O)CC(Cc1ccccn1)CC(C)CC. The van der Waals surface area contributed by atoms with Crippen molar-refractivity contribution in [2.75, 3.05) is 0 Å². The van der Waals surface area contributed by atoms with Crippen molar-refractivity contribution in [1.82, 2.24) is 4.98 Å². The summed E-state index contributed by atoms with van der Waals surface area (Å²) in [5, 5.41) is 0. The summed E-state index contributed by atoms with van der Waals surface area (Å²) >= 11 is 0. The highest BCUT2D eigenvalue weighted by Crippen LogP contribution is 2.22. The largest absolute Gasteiger partial charge is 0.300 e. The minimum absolute atomic E-state index is 0.374. The average molecular weight is 247 g/mol. The molecule has 1 aromatic rings. The Morgan fingerprint density at radius 1 is 1.33 bits per heavy atom.